The first kappa shape index (κ1) is 41.7. The summed E-state index contributed by atoms with van der Waals surface area (Å²) in [5.41, 5.74) is 8.10. The van der Waals surface area contributed by atoms with Crippen molar-refractivity contribution in [2.45, 2.75) is 77.5 Å². The van der Waals surface area contributed by atoms with Crippen LogP contribution in [0, 0.1) is 12.8 Å². The van der Waals surface area contributed by atoms with Gasteiger partial charge in [0.15, 0.2) is 18.9 Å². The quantitative estimate of drug-likeness (QED) is 0.194. The highest BCUT2D eigenvalue weighted by molar-refractivity contribution is 6.05. The van der Waals surface area contributed by atoms with Gasteiger partial charge >= 0.3 is 5.69 Å². The molecule has 17 nitrogen and oxygen atoms in total. The van der Waals surface area contributed by atoms with Gasteiger partial charge in [-0.25, -0.2) is 9.78 Å². The van der Waals surface area contributed by atoms with Crippen molar-refractivity contribution < 1.29 is 23.9 Å². The first-order valence-corrected chi connectivity index (χ1v) is 22.7. The molecule has 0 aliphatic carbocycles. The number of piperazine rings is 1. The number of nitrogens with zero attached hydrogens (tertiary/aromatic N) is 10. The third kappa shape index (κ3) is 7.84. The monoisotopic (exact) mass is 869 g/mol. The van der Waals surface area contributed by atoms with E-state index in [0.29, 0.717) is 48.7 Å². The Bertz CT molecular complexity index is 2840. The number of nitrogens with one attached hydrogen (secondary N) is 2. The fourth-order valence-corrected chi connectivity index (χ4v) is 10.4. The number of benzene rings is 2. The Labute approximate surface area is 371 Å². The molecule has 1 unspecified atom stereocenters. The maximum Gasteiger partial charge on any atom is 0.329 e. The first-order valence-electron chi connectivity index (χ1n) is 22.7. The van der Waals surface area contributed by atoms with Gasteiger partial charge in [0.2, 0.25) is 17.8 Å². The number of fused-ring (bicyclic) bond motifs is 8. The molecule has 0 spiro atoms. The van der Waals surface area contributed by atoms with E-state index in [9.17, 15) is 19.2 Å². The van der Waals surface area contributed by atoms with Crippen LogP contribution in [-0.2, 0) is 36.8 Å². The number of carbonyl (C=O) groups is 3. The number of pyridine rings is 1. The smallest absolute Gasteiger partial charge is 0.329 e. The van der Waals surface area contributed by atoms with Crippen LogP contribution in [0.3, 0.4) is 0 Å². The molecule has 4 aromatic heterocycles. The van der Waals surface area contributed by atoms with Gasteiger partial charge < -0.3 is 14.3 Å². The van der Waals surface area contributed by atoms with Crippen molar-refractivity contribution in [2.75, 3.05) is 56.1 Å². The fraction of sp³-hybridized carbons (Fsp3) is 0.468. The third-order valence-electron chi connectivity index (χ3n) is 13.7. The van der Waals surface area contributed by atoms with E-state index in [0.717, 1.165) is 111 Å². The molecule has 2 N–H and O–H groups in total. The van der Waals surface area contributed by atoms with Crippen molar-refractivity contribution in [3.05, 3.63) is 88.1 Å². The van der Waals surface area contributed by atoms with Crippen molar-refractivity contribution in [2.24, 2.45) is 20.0 Å². The number of imidazole rings is 2. The Hall–Kier alpha value is -6.33. The summed E-state index contributed by atoms with van der Waals surface area (Å²) in [6.07, 6.45) is 6.33. The minimum absolute atomic E-state index is 0.216. The summed E-state index contributed by atoms with van der Waals surface area (Å²) in [6, 6.07) is 17.8. The summed E-state index contributed by atoms with van der Waals surface area (Å²) >= 11 is 0. The average molecular weight is 870 g/mol. The average Bonchev–Trinajstić information content (AvgIpc) is 3.91. The Morgan fingerprint density at radius 3 is 2.48 bits per heavy atom. The highest BCUT2D eigenvalue weighted by Crippen LogP contribution is 2.33. The van der Waals surface area contributed by atoms with Crippen LogP contribution in [0.25, 0.3) is 33.5 Å². The van der Waals surface area contributed by atoms with Crippen LogP contribution in [0.2, 0.25) is 0 Å². The third-order valence-corrected chi connectivity index (χ3v) is 13.7. The molecule has 3 fully saturated rings. The summed E-state index contributed by atoms with van der Waals surface area (Å²) in [7, 11) is 3.70. The van der Waals surface area contributed by atoms with E-state index < -0.39 is 11.9 Å². The summed E-state index contributed by atoms with van der Waals surface area (Å²) in [5, 5.41) is 5.58. The molecule has 10 rings (SSSR count). The second-order valence-corrected chi connectivity index (χ2v) is 18.2. The van der Waals surface area contributed by atoms with E-state index in [4.69, 9.17) is 14.8 Å². The second-order valence-electron chi connectivity index (χ2n) is 18.2. The molecule has 0 radical (unpaired) electrons. The molecule has 2 atom stereocenters. The minimum atomic E-state index is -0.703. The molecule has 3 amide bonds. The van der Waals surface area contributed by atoms with Gasteiger partial charge in [-0.2, -0.15) is 0 Å². The number of aromatic nitrogens is 7. The van der Waals surface area contributed by atoms with Crippen molar-refractivity contribution in [1.29, 1.82) is 0 Å². The van der Waals surface area contributed by atoms with Gasteiger partial charge in [0.25, 0.3) is 5.91 Å². The van der Waals surface area contributed by atoms with E-state index in [1.165, 1.54) is 5.56 Å². The number of rotatable bonds is 5. The SMILES string of the molecule is Cc1cc2cc(n1)-c1cc[n+](C)n1OCCC[C@@H](C)Cn1c(nc3ccc(CN4CCN(C5CCN(c6cccc7c6n(C)c(=O)n7C6CCC(=O)NC6=O)CC5)CC4)cc31)NC2=O. The molecule has 4 aliphatic rings. The van der Waals surface area contributed by atoms with Gasteiger partial charge in [-0.05, 0) is 86.9 Å². The number of para-hydroxylation sites is 1. The predicted octanol–water partition coefficient (Wildman–Crippen LogP) is 3.56. The number of hydrogen-bond donors (Lipinski definition) is 2. The maximum atomic E-state index is 13.9. The lowest BCUT2D eigenvalue weighted by Crippen LogP contribution is -2.53. The Morgan fingerprint density at radius 2 is 1.69 bits per heavy atom. The first-order chi connectivity index (χ1) is 31.0. The van der Waals surface area contributed by atoms with Crippen LogP contribution in [0.1, 0.15) is 73.1 Å². The van der Waals surface area contributed by atoms with Gasteiger partial charge in [-0.15, -0.1) is 0 Å². The highest BCUT2D eigenvalue weighted by atomic mass is 16.7. The van der Waals surface area contributed by atoms with E-state index in [1.54, 1.807) is 27.1 Å². The molecule has 2 bridgehead atoms. The largest absolute Gasteiger partial charge is 0.370 e. The number of anilines is 2. The van der Waals surface area contributed by atoms with Crippen LogP contribution in [0.5, 0.6) is 0 Å². The van der Waals surface area contributed by atoms with Crippen molar-refractivity contribution in [3.8, 4) is 11.4 Å². The molecular weight excluding hydrogens is 813 g/mol. The standard InChI is InChI=1S/C47H56N12O5/c1-30-7-6-24-64-59-37(16-17-52(59)3)36-27-33(25-31(2)48-36)44(61)51-46-49-35-11-10-32(26-41(35)57(46)28-30)29-54-20-22-55(23-21-54)34-14-18-56(19-15-34)38-8-5-9-39-43(38)53(4)47(63)58(39)40-12-13-42(60)50-45(40)62/h5,8-11,16-17,25-27,30,34,40H,6-7,12-15,18-24,28-29H2,1-4H3,(H-,49,50,51,60,61,62)/p+1/t30-,40?/m1/s1. The normalized spacial score (nSPS) is 20.9. The number of piperidine rings is 2. The van der Waals surface area contributed by atoms with Gasteiger partial charge in [0, 0.05) is 94.0 Å². The van der Waals surface area contributed by atoms with E-state index in [1.807, 2.05) is 49.1 Å². The van der Waals surface area contributed by atoms with Crippen LogP contribution in [0.4, 0.5) is 11.6 Å². The molecule has 0 saturated carbocycles. The Kier molecular flexibility index (Phi) is 11.1. The van der Waals surface area contributed by atoms with Crippen molar-refractivity contribution in [1.82, 2.24) is 43.6 Å². The van der Waals surface area contributed by atoms with Crippen LogP contribution < -0.4 is 30.7 Å². The summed E-state index contributed by atoms with van der Waals surface area (Å²) < 4.78 is 7.28. The second kappa shape index (κ2) is 17.0. The Morgan fingerprint density at radius 1 is 0.875 bits per heavy atom. The van der Waals surface area contributed by atoms with E-state index >= 15 is 0 Å². The number of imide groups is 1. The van der Waals surface area contributed by atoms with Gasteiger partial charge in [0.1, 0.15) is 12.6 Å². The maximum absolute atomic E-state index is 13.9. The lowest BCUT2D eigenvalue weighted by atomic mass is 10.0. The van der Waals surface area contributed by atoms with Gasteiger partial charge in [-0.3, -0.25) is 48.9 Å². The zero-order chi connectivity index (χ0) is 44.2. The summed E-state index contributed by atoms with van der Waals surface area (Å²) in [4.78, 5) is 77.4. The molecule has 4 aliphatic heterocycles. The highest BCUT2D eigenvalue weighted by Gasteiger charge is 2.34. The molecular formula is C47H57N12O5+. The molecule has 8 heterocycles. The van der Waals surface area contributed by atoms with Crippen molar-refractivity contribution >= 4 is 51.4 Å². The minimum Gasteiger partial charge on any atom is -0.370 e. The van der Waals surface area contributed by atoms with Crippen LogP contribution in [-0.4, -0.2) is 108 Å². The molecule has 2 aromatic carbocycles. The van der Waals surface area contributed by atoms with Gasteiger partial charge in [0.05, 0.1) is 33.4 Å². The number of amides is 3. The Balaban J connectivity index is 0.801. The lowest BCUT2D eigenvalue weighted by Gasteiger charge is -2.43. The predicted molar refractivity (Wildman–Crippen MR) is 242 cm³/mol. The summed E-state index contributed by atoms with van der Waals surface area (Å²) in [5.74, 6) is -0.0908. The number of hydrogen-bond acceptors (Lipinski definition) is 10. The van der Waals surface area contributed by atoms with Crippen molar-refractivity contribution in [3.63, 3.8) is 0 Å². The number of aryl methyl sites for hydroxylation is 3. The fourth-order valence-electron chi connectivity index (χ4n) is 10.4. The molecule has 334 valence electrons. The lowest BCUT2D eigenvalue weighted by molar-refractivity contribution is -0.777. The molecule has 64 heavy (non-hydrogen) atoms. The molecule has 17 heteroatoms. The van der Waals surface area contributed by atoms with Crippen LogP contribution >= 0.6 is 0 Å². The van der Waals surface area contributed by atoms with Gasteiger partial charge in [-0.1, -0.05) is 23.7 Å². The van der Waals surface area contributed by atoms with Crippen LogP contribution in [0.15, 0.2) is 65.6 Å². The zero-order valence-corrected chi connectivity index (χ0v) is 37.1. The topological polar surface area (TPSA) is 161 Å². The number of carbonyl (C=O) groups excluding carboxylic acids is 3. The molecule has 6 aromatic rings. The van der Waals surface area contributed by atoms with E-state index in [2.05, 4.69) is 61.1 Å². The summed E-state index contributed by atoms with van der Waals surface area (Å²) in [6.45, 7) is 11.9. The molecule has 3 saturated heterocycles. The van der Waals surface area contributed by atoms with E-state index in [-0.39, 0.29) is 23.9 Å². The zero-order valence-electron chi connectivity index (χ0n) is 37.1.